The number of nitrogens with one attached hydrogen (secondary N) is 2. The van der Waals surface area contributed by atoms with Gasteiger partial charge in [-0.15, -0.1) is 0 Å². The lowest BCUT2D eigenvalue weighted by atomic mass is 10.1. The van der Waals surface area contributed by atoms with Crippen LogP contribution < -0.4 is 10.6 Å². The molecule has 2 N–H and O–H groups in total. The fourth-order valence-corrected chi connectivity index (χ4v) is 3.05. The molecule has 0 saturated carbocycles. The van der Waals surface area contributed by atoms with Crippen LogP contribution in [0.5, 0.6) is 0 Å². The summed E-state index contributed by atoms with van der Waals surface area (Å²) in [7, 11) is 0. The first-order valence-corrected chi connectivity index (χ1v) is 9.20. The molecule has 0 radical (unpaired) electrons. The first kappa shape index (κ1) is 18.8. The fraction of sp³-hybridized carbons (Fsp3) is 0.421. The Morgan fingerprint density at radius 1 is 1.19 bits per heavy atom. The van der Waals surface area contributed by atoms with E-state index in [1.54, 1.807) is 22.6 Å². The van der Waals surface area contributed by atoms with Crippen LogP contribution in [0.2, 0.25) is 0 Å². The van der Waals surface area contributed by atoms with Crippen molar-refractivity contribution in [1.82, 2.24) is 20.0 Å². The molecule has 0 unspecified atom stereocenters. The number of carbonyl (C=O) groups is 2. The van der Waals surface area contributed by atoms with Crippen LogP contribution in [0.3, 0.4) is 0 Å². The van der Waals surface area contributed by atoms with Crippen LogP contribution >= 0.6 is 0 Å². The number of likely N-dealkylation sites (tertiary alicyclic amines) is 1. The quantitative estimate of drug-likeness (QED) is 0.846. The van der Waals surface area contributed by atoms with Crippen LogP contribution in [0.25, 0.3) is 0 Å². The number of nitrogens with zero attached hydrogens (tertiary/aromatic N) is 3. The van der Waals surface area contributed by atoms with Crippen LogP contribution in [0.4, 0.5) is 15.4 Å². The van der Waals surface area contributed by atoms with Gasteiger partial charge in [-0.3, -0.25) is 10.00 Å². The summed E-state index contributed by atoms with van der Waals surface area (Å²) in [6.45, 7) is 3.97. The van der Waals surface area contributed by atoms with Gasteiger partial charge in [0, 0.05) is 31.4 Å². The minimum atomic E-state index is -0.288. The summed E-state index contributed by atoms with van der Waals surface area (Å²) in [5.74, 6) is 0.507. The smallest absolute Gasteiger partial charge is 0.409 e. The Morgan fingerprint density at radius 3 is 2.63 bits per heavy atom. The van der Waals surface area contributed by atoms with E-state index in [1.807, 2.05) is 36.5 Å². The summed E-state index contributed by atoms with van der Waals surface area (Å²) in [5, 5.41) is 10.1. The second-order valence-electron chi connectivity index (χ2n) is 6.44. The molecule has 3 amide bonds. The molecule has 8 heteroatoms. The average Bonchev–Trinajstić information content (AvgIpc) is 3.10. The van der Waals surface area contributed by atoms with Crippen LogP contribution in [0, 0.1) is 0 Å². The lowest BCUT2D eigenvalue weighted by molar-refractivity contribution is 0.0959. The summed E-state index contributed by atoms with van der Waals surface area (Å²) in [6, 6.07) is 11.5. The molecule has 2 aromatic rings. The number of anilines is 1. The maximum absolute atomic E-state index is 12.2. The number of piperidine rings is 1. The Hall–Kier alpha value is -3.03. The van der Waals surface area contributed by atoms with Crippen LogP contribution in [-0.2, 0) is 11.3 Å². The number of rotatable bonds is 5. The van der Waals surface area contributed by atoms with Crippen molar-refractivity contribution >= 4 is 17.9 Å². The van der Waals surface area contributed by atoms with Crippen molar-refractivity contribution < 1.29 is 14.3 Å². The van der Waals surface area contributed by atoms with E-state index in [-0.39, 0.29) is 18.2 Å². The fourth-order valence-electron chi connectivity index (χ4n) is 3.05. The first-order valence-electron chi connectivity index (χ1n) is 9.20. The predicted molar refractivity (Wildman–Crippen MR) is 102 cm³/mol. The Labute approximate surface area is 158 Å². The lowest BCUT2D eigenvalue weighted by Gasteiger charge is -2.31. The van der Waals surface area contributed by atoms with E-state index < -0.39 is 0 Å². The molecule has 0 aliphatic carbocycles. The van der Waals surface area contributed by atoms with Crippen LogP contribution in [0.15, 0.2) is 42.6 Å². The third-order valence-electron chi connectivity index (χ3n) is 4.43. The van der Waals surface area contributed by atoms with Gasteiger partial charge >= 0.3 is 12.1 Å². The number of hydrogen-bond donors (Lipinski definition) is 2. The molecule has 1 fully saturated rings. The van der Waals surface area contributed by atoms with E-state index in [0.29, 0.717) is 44.9 Å². The van der Waals surface area contributed by atoms with Crippen molar-refractivity contribution in [2.45, 2.75) is 32.4 Å². The normalized spacial score (nSPS) is 14.6. The molecular formula is C19H25N5O3. The molecule has 1 aliphatic heterocycles. The molecule has 3 rings (SSSR count). The van der Waals surface area contributed by atoms with Gasteiger partial charge < -0.3 is 15.0 Å². The second kappa shape index (κ2) is 9.07. The van der Waals surface area contributed by atoms with E-state index in [1.165, 1.54) is 0 Å². The Morgan fingerprint density at radius 2 is 1.93 bits per heavy atom. The zero-order chi connectivity index (χ0) is 19.1. The number of ether oxygens (including phenoxy) is 1. The molecule has 0 atom stereocenters. The van der Waals surface area contributed by atoms with Gasteiger partial charge in [0.15, 0.2) is 5.82 Å². The van der Waals surface area contributed by atoms with E-state index in [9.17, 15) is 9.59 Å². The predicted octanol–water partition coefficient (Wildman–Crippen LogP) is 2.67. The molecular weight excluding hydrogens is 346 g/mol. The van der Waals surface area contributed by atoms with Gasteiger partial charge in [0.2, 0.25) is 0 Å². The number of amides is 3. The van der Waals surface area contributed by atoms with Crippen molar-refractivity contribution in [2.24, 2.45) is 0 Å². The molecule has 1 aromatic heterocycles. The zero-order valence-electron chi connectivity index (χ0n) is 15.4. The highest BCUT2D eigenvalue weighted by Gasteiger charge is 2.24. The molecule has 27 heavy (non-hydrogen) atoms. The maximum atomic E-state index is 12.2. The highest BCUT2D eigenvalue weighted by Crippen LogP contribution is 2.12. The summed E-state index contributed by atoms with van der Waals surface area (Å²) >= 11 is 0. The Bertz CT molecular complexity index is 754. The van der Waals surface area contributed by atoms with Crippen LogP contribution in [-0.4, -0.2) is 52.5 Å². The number of aromatic nitrogens is 2. The van der Waals surface area contributed by atoms with E-state index in [2.05, 4.69) is 15.7 Å². The van der Waals surface area contributed by atoms with Gasteiger partial charge in [-0.1, -0.05) is 30.3 Å². The monoisotopic (exact) mass is 371 g/mol. The van der Waals surface area contributed by atoms with Gasteiger partial charge in [-0.25, -0.2) is 9.59 Å². The van der Waals surface area contributed by atoms with Crippen molar-refractivity contribution in [3.05, 3.63) is 48.2 Å². The summed E-state index contributed by atoms with van der Waals surface area (Å²) < 4.78 is 6.78. The summed E-state index contributed by atoms with van der Waals surface area (Å²) in [5.41, 5.74) is 1.14. The topological polar surface area (TPSA) is 88.5 Å². The third kappa shape index (κ3) is 5.47. The van der Waals surface area contributed by atoms with Crippen molar-refractivity contribution in [2.75, 3.05) is 25.0 Å². The van der Waals surface area contributed by atoms with Crippen molar-refractivity contribution in [3.63, 3.8) is 0 Å². The molecule has 1 aliphatic rings. The number of urea groups is 1. The van der Waals surface area contributed by atoms with Gasteiger partial charge in [0.25, 0.3) is 0 Å². The summed E-state index contributed by atoms with van der Waals surface area (Å²) in [6.07, 6.45) is 2.95. The number of benzene rings is 1. The number of hydrogen-bond acceptors (Lipinski definition) is 4. The highest BCUT2D eigenvalue weighted by atomic mass is 16.6. The molecule has 1 saturated heterocycles. The van der Waals surface area contributed by atoms with E-state index in [0.717, 1.165) is 5.56 Å². The first-order chi connectivity index (χ1) is 13.1. The molecule has 0 spiro atoms. The SMILES string of the molecule is CCOC(=O)N1CCC(NC(=O)Nc2ccn(Cc3ccccc3)n2)CC1. The van der Waals surface area contributed by atoms with Gasteiger partial charge in [0.1, 0.15) is 0 Å². The van der Waals surface area contributed by atoms with E-state index >= 15 is 0 Å². The molecule has 8 nitrogen and oxygen atoms in total. The van der Waals surface area contributed by atoms with Crippen LogP contribution in [0.1, 0.15) is 25.3 Å². The Kier molecular flexibility index (Phi) is 6.30. The minimum Gasteiger partial charge on any atom is -0.450 e. The van der Waals surface area contributed by atoms with Gasteiger partial charge in [-0.05, 0) is 25.3 Å². The maximum Gasteiger partial charge on any atom is 0.409 e. The molecule has 144 valence electrons. The molecule has 1 aromatic carbocycles. The summed E-state index contributed by atoms with van der Waals surface area (Å²) in [4.78, 5) is 25.6. The Balaban J connectivity index is 1.43. The lowest BCUT2D eigenvalue weighted by Crippen LogP contribution is -2.47. The van der Waals surface area contributed by atoms with E-state index in [4.69, 9.17) is 4.74 Å². The molecule has 2 heterocycles. The standard InChI is InChI=1S/C19H25N5O3/c1-2-27-19(26)23-11-8-16(9-12-23)20-18(25)21-17-10-13-24(22-17)14-15-6-4-3-5-7-15/h3-7,10,13,16H,2,8-9,11-12,14H2,1H3,(H2,20,21,22,25). The zero-order valence-corrected chi connectivity index (χ0v) is 15.4. The third-order valence-corrected chi connectivity index (χ3v) is 4.43. The molecule has 0 bridgehead atoms. The minimum absolute atomic E-state index is 0.0297. The highest BCUT2D eigenvalue weighted by molar-refractivity contribution is 5.88. The van der Waals surface area contributed by atoms with Gasteiger partial charge in [0.05, 0.1) is 13.2 Å². The van der Waals surface area contributed by atoms with Crippen molar-refractivity contribution in [3.8, 4) is 0 Å². The van der Waals surface area contributed by atoms with Gasteiger partial charge in [-0.2, -0.15) is 5.10 Å². The van der Waals surface area contributed by atoms with Crippen molar-refractivity contribution in [1.29, 1.82) is 0 Å². The number of carbonyl (C=O) groups excluding carboxylic acids is 2. The second-order valence-corrected chi connectivity index (χ2v) is 6.44. The largest absolute Gasteiger partial charge is 0.450 e. The average molecular weight is 371 g/mol.